The van der Waals surface area contributed by atoms with Crippen molar-refractivity contribution >= 4 is 5.91 Å². The minimum absolute atomic E-state index is 0.126. The third-order valence-electron chi connectivity index (χ3n) is 4.66. The van der Waals surface area contributed by atoms with Gasteiger partial charge in [-0.25, -0.2) is 0 Å². The van der Waals surface area contributed by atoms with Crippen LogP contribution in [0.2, 0.25) is 0 Å². The molecule has 1 aromatic carbocycles. The molecule has 0 aromatic heterocycles. The van der Waals surface area contributed by atoms with Crippen molar-refractivity contribution in [3.63, 3.8) is 0 Å². The molecule has 0 atom stereocenters. The van der Waals surface area contributed by atoms with Gasteiger partial charge in [0.2, 0.25) is 5.91 Å². The van der Waals surface area contributed by atoms with Crippen LogP contribution in [0.15, 0.2) is 24.3 Å². The second-order valence-corrected chi connectivity index (χ2v) is 6.41. The van der Waals surface area contributed by atoms with Crippen LogP contribution in [-0.4, -0.2) is 37.1 Å². The fraction of sp³-hybridized carbons (Fsp3) is 0.611. The highest BCUT2D eigenvalue weighted by Gasteiger charge is 2.21. The summed E-state index contributed by atoms with van der Waals surface area (Å²) in [5, 5.41) is 3.08. The van der Waals surface area contributed by atoms with E-state index in [1.807, 2.05) is 0 Å². The number of carbonyl (C=O) groups excluding carboxylic acids is 1. The normalized spacial score (nSPS) is 20.2. The maximum atomic E-state index is 12.2. The summed E-state index contributed by atoms with van der Waals surface area (Å²) in [5.41, 5.74) is 2.54. The molecular weight excluding hydrogens is 276 g/mol. The van der Waals surface area contributed by atoms with Crippen LogP contribution in [0.5, 0.6) is 0 Å². The van der Waals surface area contributed by atoms with Gasteiger partial charge in [-0.05, 0) is 49.9 Å². The minimum atomic E-state index is 0.126. The summed E-state index contributed by atoms with van der Waals surface area (Å²) < 4.78 is 5.31. The number of likely N-dealkylation sites (tertiary alicyclic amines) is 1. The summed E-state index contributed by atoms with van der Waals surface area (Å²) in [6.45, 7) is 5.51. The van der Waals surface area contributed by atoms with Gasteiger partial charge in [0.05, 0.1) is 0 Å². The molecule has 1 amide bonds. The van der Waals surface area contributed by atoms with E-state index in [0.717, 1.165) is 19.4 Å². The van der Waals surface area contributed by atoms with Gasteiger partial charge in [0, 0.05) is 32.2 Å². The van der Waals surface area contributed by atoms with Gasteiger partial charge in [-0.15, -0.1) is 0 Å². The van der Waals surface area contributed by atoms with E-state index >= 15 is 0 Å². The molecule has 4 heteroatoms. The number of nitrogens with one attached hydrogen (secondary N) is 1. The van der Waals surface area contributed by atoms with Gasteiger partial charge in [-0.2, -0.15) is 0 Å². The van der Waals surface area contributed by atoms with Crippen molar-refractivity contribution in [2.75, 3.05) is 26.3 Å². The quantitative estimate of drug-likeness (QED) is 0.907. The average molecular weight is 302 g/mol. The summed E-state index contributed by atoms with van der Waals surface area (Å²) in [7, 11) is 0. The number of carbonyl (C=O) groups is 1. The lowest BCUT2D eigenvalue weighted by atomic mass is 9.99. The summed E-state index contributed by atoms with van der Waals surface area (Å²) in [6.07, 6.45) is 4.34. The van der Waals surface area contributed by atoms with Gasteiger partial charge in [-0.3, -0.25) is 9.69 Å². The van der Waals surface area contributed by atoms with Gasteiger partial charge in [0.25, 0.3) is 0 Å². The van der Waals surface area contributed by atoms with E-state index in [2.05, 4.69) is 34.5 Å². The van der Waals surface area contributed by atoms with E-state index < -0.39 is 0 Å². The predicted octanol–water partition coefficient (Wildman–Crippen LogP) is 2.33. The first-order valence-electron chi connectivity index (χ1n) is 8.47. The molecular formula is C18H26N2O2. The highest BCUT2D eigenvalue weighted by molar-refractivity contribution is 5.78. The van der Waals surface area contributed by atoms with Crippen LogP contribution in [0.3, 0.4) is 0 Å². The topological polar surface area (TPSA) is 41.6 Å². The van der Waals surface area contributed by atoms with E-state index in [0.29, 0.717) is 19.8 Å². The van der Waals surface area contributed by atoms with E-state index in [1.165, 1.54) is 37.1 Å². The SMILES string of the molecule is O=C(NCc1cccc(CN2CCCC2)c1)C1CCOCC1. The molecule has 1 N–H and O–H groups in total. The van der Waals surface area contributed by atoms with E-state index in [4.69, 9.17) is 4.74 Å². The number of hydrogen-bond donors (Lipinski definition) is 1. The third-order valence-corrected chi connectivity index (χ3v) is 4.66. The Balaban J connectivity index is 1.50. The molecule has 2 heterocycles. The Hall–Kier alpha value is -1.39. The smallest absolute Gasteiger partial charge is 0.223 e. The van der Waals surface area contributed by atoms with Crippen molar-refractivity contribution in [3.05, 3.63) is 35.4 Å². The number of rotatable bonds is 5. The standard InChI is InChI=1S/C18H26N2O2/c21-18(17-6-10-22-11-7-17)19-13-15-4-3-5-16(12-15)14-20-8-1-2-9-20/h3-5,12,17H,1-2,6-11,13-14H2,(H,19,21). The molecule has 4 nitrogen and oxygen atoms in total. The maximum Gasteiger partial charge on any atom is 0.223 e. The van der Waals surface area contributed by atoms with Crippen molar-refractivity contribution in [3.8, 4) is 0 Å². The zero-order chi connectivity index (χ0) is 15.2. The summed E-state index contributed by atoms with van der Waals surface area (Å²) in [6, 6.07) is 8.60. The van der Waals surface area contributed by atoms with Gasteiger partial charge in [0.15, 0.2) is 0 Å². The molecule has 2 aliphatic heterocycles. The number of amides is 1. The van der Waals surface area contributed by atoms with Gasteiger partial charge < -0.3 is 10.1 Å². The van der Waals surface area contributed by atoms with Crippen molar-refractivity contribution in [1.29, 1.82) is 0 Å². The molecule has 0 saturated carbocycles. The summed E-state index contributed by atoms with van der Waals surface area (Å²) in [5.74, 6) is 0.301. The predicted molar refractivity (Wildman–Crippen MR) is 86.3 cm³/mol. The van der Waals surface area contributed by atoms with E-state index in [-0.39, 0.29) is 11.8 Å². The Kier molecular flexibility index (Phi) is 5.46. The Morgan fingerprint density at radius 2 is 1.91 bits per heavy atom. The number of nitrogens with zero attached hydrogens (tertiary/aromatic N) is 1. The fourth-order valence-electron chi connectivity index (χ4n) is 3.33. The van der Waals surface area contributed by atoms with E-state index in [9.17, 15) is 4.79 Å². The zero-order valence-corrected chi connectivity index (χ0v) is 13.2. The van der Waals surface area contributed by atoms with E-state index in [1.54, 1.807) is 0 Å². The lowest BCUT2D eigenvalue weighted by Crippen LogP contribution is -2.33. The second kappa shape index (κ2) is 7.75. The first kappa shape index (κ1) is 15.5. The molecule has 22 heavy (non-hydrogen) atoms. The van der Waals surface area contributed by atoms with Crippen molar-refractivity contribution in [2.45, 2.75) is 38.8 Å². The molecule has 2 saturated heterocycles. The second-order valence-electron chi connectivity index (χ2n) is 6.41. The molecule has 0 unspecified atom stereocenters. The average Bonchev–Trinajstić information content (AvgIpc) is 3.07. The highest BCUT2D eigenvalue weighted by Crippen LogP contribution is 2.16. The summed E-state index contributed by atoms with van der Waals surface area (Å²) >= 11 is 0. The Morgan fingerprint density at radius 1 is 1.18 bits per heavy atom. The van der Waals surface area contributed by atoms with Crippen LogP contribution < -0.4 is 5.32 Å². The lowest BCUT2D eigenvalue weighted by Gasteiger charge is -2.21. The fourth-order valence-corrected chi connectivity index (χ4v) is 3.33. The van der Waals surface area contributed by atoms with Crippen molar-refractivity contribution in [2.24, 2.45) is 5.92 Å². The molecule has 3 rings (SSSR count). The van der Waals surface area contributed by atoms with Crippen LogP contribution in [0.1, 0.15) is 36.8 Å². The summed E-state index contributed by atoms with van der Waals surface area (Å²) in [4.78, 5) is 14.7. The lowest BCUT2D eigenvalue weighted by molar-refractivity contribution is -0.128. The zero-order valence-electron chi connectivity index (χ0n) is 13.2. The molecule has 0 radical (unpaired) electrons. The van der Waals surface area contributed by atoms with Gasteiger partial charge in [-0.1, -0.05) is 24.3 Å². The van der Waals surface area contributed by atoms with Crippen molar-refractivity contribution < 1.29 is 9.53 Å². The van der Waals surface area contributed by atoms with Crippen LogP contribution in [0.4, 0.5) is 0 Å². The first-order valence-corrected chi connectivity index (χ1v) is 8.47. The maximum absolute atomic E-state index is 12.2. The minimum Gasteiger partial charge on any atom is -0.381 e. The van der Waals surface area contributed by atoms with Crippen LogP contribution in [-0.2, 0) is 22.6 Å². The van der Waals surface area contributed by atoms with Gasteiger partial charge >= 0.3 is 0 Å². The largest absolute Gasteiger partial charge is 0.381 e. The van der Waals surface area contributed by atoms with Crippen LogP contribution in [0, 0.1) is 5.92 Å². The highest BCUT2D eigenvalue weighted by atomic mass is 16.5. The molecule has 1 aromatic rings. The Labute approximate surface area is 132 Å². The Bertz CT molecular complexity index is 492. The first-order chi connectivity index (χ1) is 10.8. The van der Waals surface area contributed by atoms with Crippen LogP contribution >= 0.6 is 0 Å². The molecule has 120 valence electrons. The number of benzene rings is 1. The molecule has 0 bridgehead atoms. The van der Waals surface area contributed by atoms with Crippen LogP contribution in [0.25, 0.3) is 0 Å². The molecule has 2 aliphatic rings. The number of hydrogen-bond acceptors (Lipinski definition) is 3. The van der Waals surface area contributed by atoms with Gasteiger partial charge in [0.1, 0.15) is 0 Å². The monoisotopic (exact) mass is 302 g/mol. The molecule has 0 aliphatic carbocycles. The molecule has 2 fully saturated rings. The number of ether oxygens (including phenoxy) is 1. The Morgan fingerprint density at radius 3 is 2.68 bits per heavy atom. The van der Waals surface area contributed by atoms with Crippen molar-refractivity contribution in [1.82, 2.24) is 10.2 Å². The molecule has 0 spiro atoms. The third kappa shape index (κ3) is 4.31.